The lowest BCUT2D eigenvalue weighted by Gasteiger charge is -2.13. The van der Waals surface area contributed by atoms with E-state index in [4.69, 9.17) is 23.8 Å². The van der Waals surface area contributed by atoms with Gasteiger partial charge in [-0.15, -0.1) is 0 Å². The standard InChI is InChI=1S/C12H15ClN2S2/c1-3-17-7-8(2)15-11-5-4-9(13)6-10(11)14-12(15)16/h4-6,8H,3,7H2,1-2H3,(H,14,16). The normalized spacial score (nSPS) is 13.1. The van der Waals surface area contributed by atoms with Crippen molar-refractivity contribution in [1.82, 2.24) is 9.55 Å². The van der Waals surface area contributed by atoms with Gasteiger partial charge < -0.3 is 9.55 Å². The van der Waals surface area contributed by atoms with Crippen LogP contribution in [0, 0.1) is 4.77 Å². The van der Waals surface area contributed by atoms with Gasteiger partial charge in [-0.25, -0.2) is 0 Å². The molecule has 17 heavy (non-hydrogen) atoms. The summed E-state index contributed by atoms with van der Waals surface area (Å²) >= 11 is 13.3. The summed E-state index contributed by atoms with van der Waals surface area (Å²) in [6, 6.07) is 6.24. The summed E-state index contributed by atoms with van der Waals surface area (Å²) < 4.78 is 2.94. The Balaban J connectivity index is 2.46. The smallest absolute Gasteiger partial charge is 0.178 e. The van der Waals surface area contributed by atoms with E-state index in [-0.39, 0.29) is 0 Å². The predicted molar refractivity (Wildman–Crippen MR) is 79.8 cm³/mol. The van der Waals surface area contributed by atoms with Crippen LogP contribution in [-0.2, 0) is 0 Å². The van der Waals surface area contributed by atoms with Gasteiger partial charge in [0, 0.05) is 16.8 Å². The molecule has 0 aliphatic heterocycles. The van der Waals surface area contributed by atoms with E-state index in [0.29, 0.717) is 6.04 Å². The van der Waals surface area contributed by atoms with Gasteiger partial charge in [0.25, 0.3) is 0 Å². The van der Waals surface area contributed by atoms with Gasteiger partial charge in [0.1, 0.15) is 0 Å². The lowest BCUT2D eigenvalue weighted by Crippen LogP contribution is -2.07. The quantitative estimate of drug-likeness (QED) is 0.825. The number of hydrogen-bond donors (Lipinski definition) is 1. The Morgan fingerprint density at radius 2 is 2.29 bits per heavy atom. The summed E-state index contributed by atoms with van der Waals surface area (Å²) in [6.07, 6.45) is 0. The lowest BCUT2D eigenvalue weighted by molar-refractivity contribution is 0.619. The van der Waals surface area contributed by atoms with Gasteiger partial charge in [-0.2, -0.15) is 11.8 Å². The Bertz CT molecular complexity index is 573. The van der Waals surface area contributed by atoms with Crippen molar-refractivity contribution in [2.24, 2.45) is 0 Å². The molecule has 1 aromatic heterocycles. The Morgan fingerprint density at radius 3 is 3.00 bits per heavy atom. The molecule has 0 bridgehead atoms. The Kier molecular flexibility index (Phi) is 4.17. The highest BCUT2D eigenvalue weighted by Gasteiger charge is 2.11. The van der Waals surface area contributed by atoms with Crippen molar-refractivity contribution in [2.75, 3.05) is 11.5 Å². The van der Waals surface area contributed by atoms with Gasteiger partial charge in [-0.1, -0.05) is 18.5 Å². The Hall–Kier alpha value is -0.450. The van der Waals surface area contributed by atoms with Crippen molar-refractivity contribution in [2.45, 2.75) is 19.9 Å². The molecule has 0 aliphatic rings. The van der Waals surface area contributed by atoms with Crippen molar-refractivity contribution in [3.8, 4) is 0 Å². The number of nitrogens with zero attached hydrogens (tertiary/aromatic N) is 1. The molecule has 1 N–H and O–H groups in total. The second kappa shape index (κ2) is 5.46. The highest BCUT2D eigenvalue weighted by Crippen LogP contribution is 2.24. The minimum Gasteiger partial charge on any atom is -0.331 e. The first-order valence-corrected chi connectivity index (χ1v) is 7.55. The van der Waals surface area contributed by atoms with Crippen LogP contribution in [0.15, 0.2) is 18.2 Å². The van der Waals surface area contributed by atoms with Crippen LogP contribution in [-0.4, -0.2) is 21.1 Å². The van der Waals surface area contributed by atoms with Gasteiger partial charge in [-0.05, 0) is 43.1 Å². The molecule has 0 amide bonds. The van der Waals surface area contributed by atoms with Gasteiger partial charge >= 0.3 is 0 Å². The fourth-order valence-electron chi connectivity index (χ4n) is 1.90. The molecule has 1 heterocycles. The van der Waals surface area contributed by atoms with Gasteiger partial charge in [0.15, 0.2) is 4.77 Å². The SMILES string of the molecule is CCSCC(C)n1c(=S)[nH]c2cc(Cl)ccc21. The zero-order chi connectivity index (χ0) is 12.4. The molecule has 0 spiro atoms. The van der Waals surface area contributed by atoms with Gasteiger partial charge in [0.05, 0.1) is 11.0 Å². The minimum absolute atomic E-state index is 0.391. The number of halogens is 1. The van der Waals surface area contributed by atoms with E-state index in [2.05, 4.69) is 23.4 Å². The van der Waals surface area contributed by atoms with Crippen LogP contribution in [0.5, 0.6) is 0 Å². The lowest BCUT2D eigenvalue weighted by atomic mass is 10.3. The van der Waals surface area contributed by atoms with E-state index in [9.17, 15) is 0 Å². The predicted octanol–water partition coefficient (Wildman–Crippen LogP) is 4.67. The van der Waals surface area contributed by atoms with E-state index >= 15 is 0 Å². The van der Waals surface area contributed by atoms with E-state index in [0.717, 1.165) is 32.3 Å². The molecule has 0 saturated carbocycles. The van der Waals surface area contributed by atoms with Crippen molar-refractivity contribution in [1.29, 1.82) is 0 Å². The largest absolute Gasteiger partial charge is 0.331 e. The molecular weight excluding hydrogens is 272 g/mol. The van der Waals surface area contributed by atoms with Crippen LogP contribution in [0.1, 0.15) is 19.9 Å². The number of benzene rings is 1. The van der Waals surface area contributed by atoms with Crippen LogP contribution < -0.4 is 0 Å². The molecule has 5 heteroatoms. The summed E-state index contributed by atoms with van der Waals surface area (Å²) in [5, 5.41) is 0.733. The van der Waals surface area contributed by atoms with Gasteiger partial charge in [0.2, 0.25) is 0 Å². The van der Waals surface area contributed by atoms with E-state index in [1.165, 1.54) is 0 Å². The molecule has 1 unspecified atom stereocenters. The highest BCUT2D eigenvalue weighted by molar-refractivity contribution is 7.99. The molecule has 0 fully saturated rings. The Labute approximate surface area is 115 Å². The summed E-state index contributed by atoms with van der Waals surface area (Å²) in [6.45, 7) is 4.37. The summed E-state index contributed by atoms with van der Waals surface area (Å²) in [5.74, 6) is 2.20. The molecule has 2 aromatic rings. The topological polar surface area (TPSA) is 20.7 Å². The maximum absolute atomic E-state index is 5.98. The molecule has 0 aliphatic carbocycles. The number of thioether (sulfide) groups is 1. The van der Waals surface area contributed by atoms with Crippen LogP contribution in [0.4, 0.5) is 0 Å². The van der Waals surface area contributed by atoms with E-state index in [1.807, 2.05) is 30.0 Å². The highest BCUT2D eigenvalue weighted by atomic mass is 35.5. The molecule has 2 rings (SSSR count). The number of fused-ring (bicyclic) bond motifs is 1. The molecule has 0 saturated heterocycles. The molecule has 1 aromatic carbocycles. The number of nitrogens with one attached hydrogen (secondary N) is 1. The number of imidazole rings is 1. The Morgan fingerprint density at radius 1 is 1.53 bits per heavy atom. The number of hydrogen-bond acceptors (Lipinski definition) is 2. The molecule has 0 radical (unpaired) electrons. The first-order valence-electron chi connectivity index (χ1n) is 5.61. The minimum atomic E-state index is 0.391. The zero-order valence-electron chi connectivity index (χ0n) is 9.87. The first-order chi connectivity index (χ1) is 8.13. The van der Waals surface area contributed by atoms with Crippen molar-refractivity contribution in [3.63, 3.8) is 0 Å². The number of rotatable bonds is 4. The second-order valence-electron chi connectivity index (χ2n) is 3.97. The maximum Gasteiger partial charge on any atom is 0.178 e. The third kappa shape index (κ3) is 2.69. The molecular formula is C12H15ClN2S2. The average Bonchev–Trinajstić information content (AvgIpc) is 2.61. The first kappa shape index (κ1) is 13.0. The zero-order valence-corrected chi connectivity index (χ0v) is 12.3. The summed E-state index contributed by atoms with van der Waals surface area (Å²) in [4.78, 5) is 3.21. The third-order valence-corrected chi connectivity index (χ3v) is 4.34. The van der Waals surface area contributed by atoms with Crippen LogP contribution in [0.2, 0.25) is 5.02 Å². The number of aromatic amines is 1. The fourth-order valence-corrected chi connectivity index (χ4v) is 3.19. The maximum atomic E-state index is 5.98. The van der Waals surface area contributed by atoms with Gasteiger partial charge in [-0.3, -0.25) is 0 Å². The average molecular weight is 287 g/mol. The third-order valence-electron chi connectivity index (χ3n) is 2.68. The monoisotopic (exact) mass is 286 g/mol. The fraction of sp³-hybridized carbons (Fsp3) is 0.417. The van der Waals surface area contributed by atoms with Crippen molar-refractivity contribution >= 4 is 46.6 Å². The second-order valence-corrected chi connectivity index (χ2v) is 6.11. The van der Waals surface area contributed by atoms with Crippen LogP contribution in [0.25, 0.3) is 11.0 Å². The number of aromatic nitrogens is 2. The molecule has 1 atom stereocenters. The van der Waals surface area contributed by atoms with Crippen molar-refractivity contribution < 1.29 is 0 Å². The van der Waals surface area contributed by atoms with E-state index in [1.54, 1.807) is 0 Å². The van der Waals surface area contributed by atoms with E-state index < -0.39 is 0 Å². The van der Waals surface area contributed by atoms with Crippen LogP contribution in [0.3, 0.4) is 0 Å². The summed E-state index contributed by atoms with van der Waals surface area (Å²) in [7, 11) is 0. The van der Waals surface area contributed by atoms with Crippen molar-refractivity contribution in [3.05, 3.63) is 28.0 Å². The molecule has 92 valence electrons. The number of H-pyrrole nitrogens is 1. The molecule has 2 nitrogen and oxygen atoms in total. The summed E-state index contributed by atoms with van der Waals surface area (Å²) in [5.41, 5.74) is 2.14. The van der Waals surface area contributed by atoms with Crippen LogP contribution >= 0.6 is 35.6 Å².